The molecule has 0 radical (unpaired) electrons. The molecule has 0 aliphatic rings. The van der Waals surface area contributed by atoms with Gasteiger partial charge in [0.05, 0.1) is 17.7 Å². The summed E-state index contributed by atoms with van der Waals surface area (Å²) in [4.78, 5) is 19.6. The number of anilines is 4. The number of ether oxygens (including phenoxy) is 1. The van der Waals surface area contributed by atoms with Crippen LogP contribution in [0.25, 0.3) is 0 Å². The topological polar surface area (TPSA) is 96.4 Å². The summed E-state index contributed by atoms with van der Waals surface area (Å²) in [6.45, 7) is 0. The van der Waals surface area contributed by atoms with Gasteiger partial charge in [0, 0.05) is 17.6 Å². The number of aromatic nitrogens is 2. The Kier molecular flexibility index (Phi) is 5.19. The summed E-state index contributed by atoms with van der Waals surface area (Å²) in [6, 6.07) is 13.4. The van der Waals surface area contributed by atoms with Crippen LogP contribution in [0.15, 0.2) is 54.7 Å². The third-order valence-electron chi connectivity index (χ3n) is 3.45. The molecule has 0 unspecified atom stereocenters. The molecule has 2 aromatic carbocycles. The summed E-state index contributed by atoms with van der Waals surface area (Å²) in [5.74, 6) is 0.470. The first-order valence-electron chi connectivity index (χ1n) is 7.59. The van der Waals surface area contributed by atoms with E-state index >= 15 is 0 Å². The first-order chi connectivity index (χ1) is 12.5. The van der Waals surface area contributed by atoms with Gasteiger partial charge in [-0.05, 0) is 42.5 Å². The lowest BCUT2D eigenvalue weighted by molar-refractivity contribution is 0.0697. The van der Waals surface area contributed by atoms with Crippen molar-refractivity contribution in [2.45, 2.75) is 0 Å². The Hall–Kier alpha value is -3.32. The zero-order valence-electron chi connectivity index (χ0n) is 13.7. The van der Waals surface area contributed by atoms with Crippen molar-refractivity contribution in [3.8, 4) is 5.75 Å². The normalized spacial score (nSPS) is 10.2. The Morgan fingerprint density at radius 3 is 2.65 bits per heavy atom. The molecule has 0 bridgehead atoms. The molecule has 3 aromatic rings. The van der Waals surface area contributed by atoms with E-state index in [2.05, 4.69) is 20.6 Å². The van der Waals surface area contributed by atoms with Gasteiger partial charge in [-0.15, -0.1) is 0 Å². The van der Waals surface area contributed by atoms with E-state index in [-0.39, 0.29) is 5.56 Å². The van der Waals surface area contributed by atoms with Crippen LogP contribution in [0.3, 0.4) is 0 Å². The molecular formula is C18H15ClN4O3. The van der Waals surface area contributed by atoms with Gasteiger partial charge in [0.15, 0.2) is 0 Å². The van der Waals surface area contributed by atoms with Gasteiger partial charge >= 0.3 is 5.97 Å². The van der Waals surface area contributed by atoms with Crippen molar-refractivity contribution in [2.75, 3.05) is 17.7 Å². The van der Waals surface area contributed by atoms with Crippen LogP contribution in [0.2, 0.25) is 5.02 Å². The average molecular weight is 371 g/mol. The molecule has 0 aliphatic carbocycles. The highest BCUT2D eigenvalue weighted by Gasteiger charge is 2.06. The fraction of sp³-hybridized carbons (Fsp3) is 0.0556. The number of nitrogens with one attached hydrogen (secondary N) is 2. The lowest BCUT2D eigenvalue weighted by atomic mass is 10.2. The highest BCUT2D eigenvalue weighted by molar-refractivity contribution is 6.32. The Morgan fingerprint density at radius 1 is 1.12 bits per heavy atom. The van der Waals surface area contributed by atoms with Crippen molar-refractivity contribution >= 4 is 40.7 Å². The number of halogens is 1. The van der Waals surface area contributed by atoms with Crippen molar-refractivity contribution in [1.82, 2.24) is 9.97 Å². The molecule has 0 spiro atoms. The Morgan fingerprint density at radius 2 is 1.92 bits per heavy atom. The van der Waals surface area contributed by atoms with E-state index in [1.165, 1.54) is 12.1 Å². The minimum Gasteiger partial charge on any atom is -0.495 e. The first-order valence-corrected chi connectivity index (χ1v) is 7.97. The van der Waals surface area contributed by atoms with Crippen molar-refractivity contribution < 1.29 is 14.6 Å². The van der Waals surface area contributed by atoms with E-state index in [1.54, 1.807) is 49.7 Å². The van der Waals surface area contributed by atoms with Gasteiger partial charge in [-0.2, -0.15) is 4.98 Å². The van der Waals surface area contributed by atoms with Gasteiger partial charge in [0.1, 0.15) is 11.6 Å². The lowest BCUT2D eigenvalue weighted by Gasteiger charge is -2.10. The van der Waals surface area contributed by atoms with Crippen molar-refractivity contribution in [2.24, 2.45) is 0 Å². The molecule has 0 atom stereocenters. The molecule has 3 rings (SSSR count). The Bertz CT molecular complexity index is 949. The van der Waals surface area contributed by atoms with Crippen LogP contribution in [0.4, 0.5) is 23.1 Å². The van der Waals surface area contributed by atoms with E-state index in [4.69, 9.17) is 21.4 Å². The number of aromatic carboxylic acids is 1. The predicted octanol–water partition coefficient (Wildman–Crippen LogP) is 4.32. The summed E-state index contributed by atoms with van der Waals surface area (Å²) in [6.07, 6.45) is 1.59. The molecule has 1 aromatic heterocycles. The largest absolute Gasteiger partial charge is 0.495 e. The van der Waals surface area contributed by atoms with Crippen LogP contribution in [0, 0.1) is 0 Å². The van der Waals surface area contributed by atoms with E-state index in [0.29, 0.717) is 33.9 Å². The fourth-order valence-corrected chi connectivity index (χ4v) is 2.50. The van der Waals surface area contributed by atoms with Crippen molar-refractivity contribution in [3.05, 3.63) is 65.3 Å². The summed E-state index contributed by atoms with van der Waals surface area (Å²) in [7, 11) is 1.55. The van der Waals surface area contributed by atoms with Crippen LogP contribution in [-0.4, -0.2) is 28.2 Å². The van der Waals surface area contributed by atoms with E-state index in [9.17, 15) is 4.79 Å². The Balaban J connectivity index is 1.77. The third kappa shape index (κ3) is 4.20. The number of nitrogens with zero attached hydrogens (tertiary/aromatic N) is 2. The van der Waals surface area contributed by atoms with Crippen molar-refractivity contribution in [1.29, 1.82) is 0 Å². The number of hydrogen-bond donors (Lipinski definition) is 3. The van der Waals surface area contributed by atoms with Gasteiger partial charge in [-0.1, -0.05) is 17.7 Å². The molecule has 8 heteroatoms. The zero-order chi connectivity index (χ0) is 18.5. The fourth-order valence-electron chi connectivity index (χ4n) is 2.24. The van der Waals surface area contributed by atoms with E-state index in [1.807, 2.05) is 0 Å². The number of carboxylic acid groups (broad SMARTS) is 1. The summed E-state index contributed by atoms with van der Waals surface area (Å²) < 4.78 is 5.12. The zero-order valence-corrected chi connectivity index (χ0v) is 14.5. The highest BCUT2D eigenvalue weighted by atomic mass is 35.5. The average Bonchev–Trinajstić information content (AvgIpc) is 2.62. The standard InChI is InChI=1S/C18H15ClN4O3/c1-26-15-6-5-13(10-14(15)19)22-18-20-8-7-16(23-18)21-12-4-2-3-11(9-12)17(24)25/h2-10H,1H3,(H,24,25)(H2,20,21,22,23). The summed E-state index contributed by atoms with van der Waals surface area (Å²) >= 11 is 6.11. The molecule has 26 heavy (non-hydrogen) atoms. The number of carboxylic acids is 1. The smallest absolute Gasteiger partial charge is 0.335 e. The van der Waals surface area contributed by atoms with E-state index in [0.717, 1.165) is 0 Å². The molecular weight excluding hydrogens is 356 g/mol. The minimum atomic E-state index is -0.991. The van der Waals surface area contributed by atoms with Crippen LogP contribution in [0.5, 0.6) is 5.75 Å². The second-order valence-electron chi connectivity index (χ2n) is 5.25. The highest BCUT2D eigenvalue weighted by Crippen LogP contribution is 2.28. The van der Waals surface area contributed by atoms with Crippen LogP contribution >= 0.6 is 11.6 Å². The molecule has 0 saturated carbocycles. The van der Waals surface area contributed by atoms with Crippen LogP contribution < -0.4 is 15.4 Å². The second-order valence-corrected chi connectivity index (χ2v) is 5.66. The Labute approximate surface area is 154 Å². The third-order valence-corrected chi connectivity index (χ3v) is 3.74. The molecule has 0 fully saturated rings. The first kappa shape index (κ1) is 17.5. The second kappa shape index (κ2) is 7.71. The molecule has 0 aliphatic heterocycles. The van der Waals surface area contributed by atoms with Crippen molar-refractivity contribution in [3.63, 3.8) is 0 Å². The number of methoxy groups -OCH3 is 1. The minimum absolute atomic E-state index is 0.190. The molecule has 0 saturated heterocycles. The van der Waals surface area contributed by atoms with Gasteiger partial charge < -0.3 is 20.5 Å². The van der Waals surface area contributed by atoms with Gasteiger partial charge in [0.2, 0.25) is 5.95 Å². The van der Waals surface area contributed by atoms with Crippen LogP contribution in [-0.2, 0) is 0 Å². The predicted molar refractivity (Wildman–Crippen MR) is 100 cm³/mol. The summed E-state index contributed by atoms with van der Waals surface area (Å²) in [5.41, 5.74) is 1.51. The molecule has 3 N–H and O–H groups in total. The van der Waals surface area contributed by atoms with E-state index < -0.39 is 5.97 Å². The maximum atomic E-state index is 11.1. The van der Waals surface area contributed by atoms with Gasteiger partial charge in [0.25, 0.3) is 0 Å². The quantitative estimate of drug-likeness (QED) is 0.594. The lowest BCUT2D eigenvalue weighted by Crippen LogP contribution is -2.01. The maximum absolute atomic E-state index is 11.1. The van der Waals surface area contributed by atoms with Crippen LogP contribution in [0.1, 0.15) is 10.4 Å². The number of hydrogen-bond acceptors (Lipinski definition) is 6. The molecule has 132 valence electrons. The number of carbonyl (C=O) groups is 1. The molecule has 1 heterocycles. The monoisotopic (exact) mass is 370 g/mol. The SMILES string of the molecule is COc1ccc(Nc2nccc(Nc3cccc(C(=O)O)c3)n2)cc1Cl. The maximum Gasteiger partial charge on any atom is 0.335 e. The molecule has 7 nitrogen and oxygen atoms in total. The summed E-state index contributed by atoms with van der Waals surface area (Å²) in [5, 5.41) is 15.6. The number of rotatable bonds is 6. The van der Waals surface area contributed by atoms with Gasteiger partial charge in [-0.25, -0.2) is 9.78 Å². The van der Waals surface area contributed by atoms with Gasteiger partial charge in [-0.3, -0.25) is 0 Å². The number of benzene rings is 2. The molecule has 0 amide bonds.